The van der Waals surface area contributed by atoms with Crippen LogP contribution in [0.5, 0.6) is 0 Å². The normalized spacial score (nSPS) is 9.08. The molecule has 0 radical (unpaired) electrons. The number of ether oxygens (including phenoxy) is 2. The Hall–Kier alpha value is -1.00. The summed E-state index contributed by atoms with van der Waals surface area (Å²) in [7, 11) is 0. The van der Waals surface area contributed by atoms with E-state index < -0.39 is 0 Å². The molecule has 0 heterocycles. The van der Waals surface area contributed by atoms with Crippen LogP contribution in [0, 0.1) is 24.7 Å². The zero-order valence-corrected chi connectivity index (χ0v) is 7.71. The minimum Gasteiger partial charge on any atom is -0.367 e. The number of hydrogen-bond acceptors (Lipinski definition) is 3. The molecule has 3 nitrogen and oxygen atoms in total. The Bertz CT molecular complexity index is 158. The first-order valence-corrected chi connectivity index (χ1v) is 4.15. The lowest BCUT2D eigenvalue weighted by atomic mass is 10.6. The van der Waals surface area contributed by atoms with Crippen molar-refractivity contribution in [3.63, 3.8) is 0 Å². The molecule has 0 aromatic heterocycles. The summed E-state index contributed by atoms with van der Waals surface area (Å²) in [6.45, 7) is 3.55. The first-order valence-electron chi connectivity index (χ1n) is 4.15. The molecule has 1 N–H and O–H groups in total. The van der Waals surface area contributed by atoms with Crippen LogP contribution in [0.2, 0.25) is 0 Å². The molecule has 0 fully saturated rings. The largest absolute Gasteiger partial charge is 0.367 e. The Labute approximate surface area is 79.8 Å². The molecule has 72 valence electrons. The molecule has 13 heavy (non-hydrogen) atoms. The van der Waals surface area contributed by atoms with Gasteiger partial charge in [0, 0.05) is 13.1 Å². The van der Waals surface area contributed by atoms with Crippen LogP contribution >= 0.6 is 0 Å². The van der Waals surface area contributed by atoms with Gasteiger partial charge in [0.1, 0.15) is 13.2 Å². The van der Waals surface area contributed by atoms with Gasteiger partial charge >= 0.3 is 0 Å². The summed E-state index contributed by atoms with van der Waals surface area (Å²) in [6.07, 6.45) is 9.98. The Morgan fingerprint density at radius 2 is 1.38 bits per heavy atom. The van der Waals surface area contributed by atoms with Gasteiger partial charge in [-0.05, 0) is 0 Å². The van der Waals surface area contributed by atoms with Crippen LogP contribution in [0.1, 0.15) is 0 Å². The molecule has 0 amide bonds. The zero-order chi connectivity index (χ0) is 9.78. The van der Waals surface area contributed by atoms with E-state index >= 15 is 0 Å². The maximum atomic E-state index is 5.04. The number of terminal acetylenes is 2. The monoisotopic (exact) mass is 181 g/mol. The van der Waals surface area contributed by atoms with Crippen LogP contribution in [0.25, 0.3) is 0 Å². The number of hydrogen-bond donors (Lipinski definition) is 1. The van der Waals surface area contributed by atoms with Crippen LogP contribution in [0.15, 0.2) is 0 Å². The van der Waals surface area contributed by atoms with Crippen molar-refractivity contribution in [2.75, 3.05) is 39.5 Å². The standard InChI is InChI=1S/C10H15NO2/c1-3-7-12-9-5-11-6-10-13-8-4-2/h1-2,11H,5-10H2. The quantitative estimate of drug-likeness (QED) is 0.418. The van der Waals surface area contributed by atoms with Crippen molar-refractivity contribution in [2.45, 2.75) is 0 Å². The first kappa shape index (κ1) is 12.0. The van der Waals surface area contributed by atoms with Crippen LogP contribution in [-0.4, -0.2) is 39.5 Å². The second kappa shape index (κ2) is 11.0. The fraction of sp³-hybridized carbons (Fsp3) is 0.600. The highest BCUT2D eigenvalue weighted by atomic mass is 16.5. The molecule has 0 bridgehead atoms. The van der Waals surface area contributed by atoms with E-state index in [1.165, 1.54) is 0 Å². The molecule has 0 aliphatic carbocycles. The van der Waals surface area contributed by atoms with E-state index in [1.54, 1.807) is 0 Å². The molecule has 3 heteroatoms. The predicted molar refractivity (Wildman–Crippen MR) is 52.2 cm³/mol. The molecule has 0 aromatic carbocycles. The van der Waals surface area contributed by atoms with Gasteiger partial charge in [0.2, 0.25) is 0 Å². The Morgan fingerprint density at radius 1 is 0.923 bits per heavy atom. The van der Waals surface area contributed by atoms with Crippen molar-refractivity contribution < 1.29 is 9.47 Å². The molecule has 0 atom stereocenters. The van der Waals surface area contributed by atoms with Gasteiger partial charge in [-0.3, -0.25) is 0 Å². The third-order valence-electron chi connectivity index (χ3n) is 1.22. The Morgan fingerprint density at radius 3 is 1.77 bits per heavy atom. The van der Waals surface area contributed by atoms with Crippen LogP contribution < -0.4 is 5.32 Å². The third-order valence-corrected chi connectivity index (χ3v) is 1.22. The van der Waals surface area contributed by atoms with Gasteiger partial charge in [-0.2, -0.15) is 0 Å². The third kappa shape index (κ3) is 11.0. The topological polar surface area (TPSA) is 30.5 Å². The summed E-state index contributed by atoms with van der Waals surface area (Å²) < 4.78 is 10.1. The van der Waals surface area contributed by atoms with Gasteiger partial charge in [0.05, 0.1) is 13.2 Å². The van der Waals surface area contributed by atoms with Crippen LogP contribution in [0.3, 0.4) is 0 Å². The van der Waals surface area contributed by atoms with Crippen LogP contribution in [-0.2, 0) is 9.47 Å². The smallest absolute Gasteiger partial charge is 0.107 e. The summed E-state index contributed by atoms with van der Waals surface area (Å²) in [5.74, 6) is 4.78. The summed E-state index contributed by atoms with van der Waals surface area (Å²) in [4.78, 5) is 0. The molecule has 0 aliphatic heterocycles. The summed E-state index contributed by atoms with van der Waals surface area (Å²) in [5, 5.41) is 3.12. The minimum atomic E-state index is 0.370. The molecule has 0 saturated carbocycles. The highest BCUT2D eigenvalue weighted by Gasteiger charge is 1.87. The SMILES string of the molecule is C#CCOCCNCCOCC#C. The molecule has 0 aliphatic rings. The van der Waals surface area contributed by atoms with Gasteiger partial charge in [-0.15, -0.1) is 12.8 Å². The van der Waals surface area contributed by atoms with Crippen molar-refractivity contribution in [1.29, 1.82) is 0 Å². The van der Waals surface area contributed by atoms with E-state index in [-0.39, 0.29) is 0 Å². The van der Waals surface area contributed by atoms with Gasteiger partial charge in [-0.1, -0.05) is 11.8 Å². The van der Waals surface area contributed by atoms with E-state index in [0.29, 0.717) is 26.4 Å². The van der Waals surface area contributed by atoms with E-state index in [4.69, 9.17) is 22.3 Å². The molecule has 0 unspecified atom stereocenters. The lowest BCUT2D eigenvalue weighted by molar-refractivity contribution is 0.152. The summed E-state index contributed by atoms with van der Waals surface area (Å²) in [5.41, 5.74) is 0. The van der Waals surface area contributed by atoms with Gasteiger partial charge in [-0.25, -0.2) is 0 Å². The second-order valence-corrected chi connectivity index (χ2v) is 2.26. The average molecular weight is 181 g/mol. The highest BCUT2D eigenvalue weighted by molar-refractivity contribution is 4.83. The van der Waals surface area contributed by atoms with Crippen LogP contribution in [0.4, 0.5) is 0 Å². The molecular formula is C10H15NO2. The van der Waals surface area contributed by atoms with Crippen molar-refractivity contribution in [3.8, 4) is 24.7 Å². The van der Waals surface area contributed by atoms with Gasteiger partial charge in [0.25, 0.3) is 0 Å². The predicted octanol–water partition coefficient (Wildman–Crippen LogP) is -0.124. The number of nitrogens with one attached hydrogen (secondary N) is 1. The van der Waals surface area contributed by atoms with Gasteiger partial charge in [0.15, 0.2) is 0 Å². The molecule has 0 aromatic rings. The lowest BCUT2D eigenvalue weighted by Crippen LogP contribution is -2.24. The highest BCUT2D eigenvalue weighted by Crippen LogP contribution is 1.72. The molecule has 0 saturated heterocycles. The van der Waals surface area contributed by atoms with Gasteiger partial charge < -0.3 is 14.8 Å². The molecular weight excluding hydrogens is 166 g/mol. The maximum absolute atomic E-state index is 5.04. The lowest BCUT2D eigenvalue weighted by Gasteiger charge is -2.03. The fourth-order valence-electron chi connectivity index (χ4n) is 0.676. The van der Waals surface area contributed by atoms with Crippen molar-refractivity contribution in [1.82, 2.24) is 5.32 Å². The van der Waals surface area contributed by atoms with Crippen molar-refractivity contribution in [2.24, 2.45) is 0 Å². The van der Waals surface area contributed by atoms with Crippen molar-refractivity contribution in [3.05, 3.63) is 0 Å². The minimum absolute atomic E-state index is 0.370. The Kier molecular flexibility index (Phi) is 10.2. The maximum Gasteiger partial charge on any atom is 0.107 e. The Balaban J connectivity index is 2.85. The van der Waals surface area contributed by atoms with E-state index in [2.05, 4.69) is 17.2 Å². The zero-order valence-electron chi connectivity index (χ0n) is 7.71. The number of rotatable bonds is 8. The summed E-state index contributed by atoms with van der Waals surface area (Å²) >= 11 is 0. The molecule has 0 spiro atoms. The fourth-order valence-corrected chi connectivity index (χ4v) is 0.676. The van der Waals surface area contributed by atoms with E-state index in [9.17, 15) is 0 Å². The second-order valence-electron chi connectivity index (χ2n) is 2.26. The van der Waals surface area contributed by atoms with E-state index in [1.807, 2.05) is 0 Å². The van der Waals surface area contributed by atoms with Crippen molar-refractivity contribution >= 4 is 0 Å². The average Bonchev–Trinajstić information content (AvgIpc) is 2.16. The van der Waals surface area contributed by atoms with E-state index in [0.717, 1.165) is 13.1 Å². The summed E-state index contributed by atoms with van der Waals surface area (Å²) in [6, 6.07) is 0. The molecule has 0 rings (SSSR count). The first-order chi connectivity index (χ1) is 6.41.